The maximum atomic E-state index is 6.94. The van der Waals surface area contributed by atoms with E-state index in [9.17, 15) is 0 Å². The highest BCUT2D eigenvalue weighted by atomic mass is 79.9. The molecule has 67 heavy (non-hydrogen) atoms. The normalized spacial score (nSPS) is 11.9. The third kappa shape index (κ3) is 21.8. The van der Waals surface area contributed by atoms with E-state index in [0.29, 0.717) is 19.8 Å². The lowest BCUT2D eigenvalue weighted by Crippen LogP contribution is -3.00. The number of rotatable bonds is 41. The first-order valence-electron chi connectivity index (χ1n) is 27.8. The molecule has 0 aliphatic heterocycles. The molecule has 0 aliphatic carbocycles. The summed E-state index contributed by atoms with van der Waals surface area (Å²) in [7, 11) is -2.23. The van der Waals surface area contributed by atoms with Crippen molar-refractivity contribution in [2.75, 3.05) is 19.8 Å². The van der Waals surface area contributed by atoms with Crippen LogP contribution in [0.1, 0.15) is 232 Å². The fourth-order valence-electron chi connectivity index (χ4n) is 9.83. The molecule has 4 aromatic carbocycles. The molecule has 0 saturated carbocycles. The fourth-order valence-corrected chi connectivity index (χ4v) is 14.6. The largest absolute Gasteiger partial charge is 1.00 e. The molecule has 5 heteroatoms. The van der Waals surface area contributed by atoms with Gasteiger partial charge in [0.25, 0.3) is 0 Å². The van der Waals surface area contributed by atoms with Gasteiger partial charge < -0.3 is 31.2 Å². The first-order valence-corrected chi connectivity index (χ1v) is 29.6. The van der Waals surface area contributed by atoms with Crippen LogP contribution in [0.2, 0.25) is 0 Å². The second-order valence-corrected chi connectivity index (χ2v) is 23.1. The highest BCUT2D eigenvalue weighted by Crippen LogP contribution is 2.67. The summed E-state index contributed by atoms with van der Waals surface area (Å²) in [5.74, 6) is 2.52. The molecule has 1 atom stereocenters. The lowest BCUT2D eigenvalue weighted by atomic mass is 10.1. The molecule has 0 aromatic heterocycles. The minimum absolute atomic E-state index is 0. The third-order valence-electron chi connectivity index (χ3n) is 13.9. The predicted molar refractivity (Wildman–Crippen MR) is 292 cm³/mol. The summed E-state index contributed by atoms with van der Waals surface area (Å²) in [6, 6.07) is 38.6. The summed E-state index contributed by atoms with van der Waals surface area (Å²) in [5.41, 5.74) is 1.39. The van der Waals surface area contributed by atoms with Crippen LogP contribution in [0, 0.1) is 0 Å². The Morgan fingerprint density at radius 1 is 0.343 bits per heavy atom. The average molecular weight is 1000 g/mol. The molecule has 4 rings (SSSR count). The van der Waals surface area contributed by atoms with E-state index in [2.05, 4.69) is 131 Å². The van der Waals surface area contributed by atoms with E-state index in [1.54, 1.807) is 0 Å². The van der Waals surface area contributed by atoms with Crippen LogP contribution < -0.4 is 47.1 Å². The number of hydrogen-bond donors (Lipinski definition) is 0. The van der Waals surface area contributed by atoms with E-state index in [-0.39, 0.29) is 22.6 Å². The molecule has 0 fully saturated rings. The van der Waals surface area contributed by atoms with Gasteiger partial charge in [0.1, 0.15) is 28.8 Å². The SMILES string of the molecule is CCCCCCCCCCCCOc1cc(C(C)[P+](c2ccccc2)(c2ccccc2)c2ccccc2)cc(OCCCCCCCCCCCC)c1OCCCCCCCCCCCC.[Br-]. The summed E-state index contributed by atoms with van der Waals surface area (Å²) in [5, 5.41) is 4.16. The van der Waals surface area contributed by atoms with Crippen molar-refractivity contribution in [3.63, 3.8) is 0 Å². The second-order valence-electron chi connectivity index (χ2n) is 19.3. The average Bonchev–Trinajstić information content (AvgIpc) is 3.35. The molecule has 0 saturated heterocycles. The van der Waals surface area contributed by atoms with Crippen LogP contribution in [-0.4, -0.2) is 19.8 Å². The Labute approximate surface area is 423 Å². The summed E-state index contributed by atoms with van der Waals surface area (Å²) in [6.07, 6.45) is 39.2. The van der Waals surface area contributed by atoms with Crippen molar-refractivity contribution in [1.29, 1.82) is 0 Å². The Morgan fingerprint density at radius 3 is 0.881 bits per heavy atom. The molecule has 4 aromatic rings. The minimum Gasteiger partial charge on any atom is -1.00 e. The van der Waals surface area contributed by atoms with Crippen molar-refractivity contribution in [3.8, 4) is 17.2 Å². The Hall–Kier alpha value is -2.81. The topological polar surface area (TPSA) is 27.7 Å². The van der Waals surface area contributed by atoms with Gasteiger partial charge in [0, 0.05) is 5.56 Å². The van der Waals surface area contributed by atoms with Crippen LogP contribution in [0.5, 0.6) is 17.2 Å². The molecule has 374 valence electrons. The molecular formula is C62H96BrO3P. The lowest BCUT2D eigenvalue weighted by molar-refractivity contribution is -0.0000149. The summed E-state index contributed by atoms with van der Waals surface area (Å²) in [4.78, 5) is 0. The molecule has 0 heterocycles. The Balaban J connectivity index is 0.0000119. The van der Waals surface area contributed by atoms with Crippen molar-refractivity contribution >= 4 is 23.2 Å². The molecule has 0 amide bonds. The zero-order valence-electron chi connectivity index (χ0n) is 43.3. The first kappa shape index (κ1) is 58.5. The fraction of sp³-hybridized carbons (Fsp3) is 0.613. The molecule has 0 spiro atoms. The lowest BCUT2D eigenvalue weighted by Gasteiger charge is -2.33. The summed E-state index contributed by atoms with van der Waals surface area (Å²) >= 11 is 0. The number of halogens is 1. The molecule has 0 bridgehead atoms. The van der Waals surface area contributed by atoms with Gasteiger partial charge in [-0.05, 0) is 74.7 Å². The molecule has 3 nitrogen and oxygen atoms in total. The van der Waals surface area contributed by atoms with Gasteiger partial charge in [-0.2, -0.15) is 0 Å². The van der Waals surface area contributed by atoms with Gasteiger partial charge in [-0.15, -0.1) is 0 Å². The maximum absolute atomic E-state index is 6.94. The maximum Gasteiger partial charge on any atom is 0.203 e. The minimum atomic E-state index is -2.23. The monoisotopic (exact) mass is 999 g/mol. The molecular weight excluding hydrogens is 904 g/mol. The van der Waals surface area contributed by atoms with Crippen LogP contribution in [-0.2, 0) is 0 Å². The second kappa shape index (κ2) is 38.0. The number of hydrogen-bond acceptors (Lipinski definition) is 3. The van der Waals surface area contributed by atoms with Gasteiger partial charge in [0.15, 0.2) is 11.5 Å². The van der Waals surface area contributed by atoms with Gasteiger partial charge >= 0.3 is 0 Å². The van der Waals surface area contributed by atoms with Gasteiger partial charge in [-0.25, -0.2) is 0 Å². The molecule has 0 aliphatic rings. The Morgan fingerprint density at radius 2 is 0.597 bits per heavy atom. The Bertz CT molecular complexity index is 1590. The van der Waals surface area contributed by atoms with Crippen LogP contribution in [0.4, 0.5) is 0 Å². The van der Waals surface area contributed by atoms with E-state index in [0.717, 1.165) is 36.5 Å². The van der Waals surface area contributed by atoms with Gasteiger partial charge in [0.2, 0.25) is 5.75 Å². The van der Waals surface area contributed by atoms with Gasteiger partial charge in [-0.1, -0.05) is 249 Å². The summed E-state index contributed by atoms with van der Waals surface area (Å²) in [6.45, 7) is 11.4. The Kier molecular flexibility index (Phi) is 33.2. The van der Waals surface area contributed by atoms with Crippen LogP contribution in [0.15, 0.2) is 103 Å². The number of ether oxygens (including phenoxy) is 3. The summed E-state index contributed by atoms with van der Waals surface area (Å²) < 4.78 is 20.7. The van der Waals surface area contributed by atoms with Gasteiger partial charge in [-0.3, -0.25) is 0 Å². The zero-order chi connectivity index (χ0) is 46.6. The number of benzene rings is 4. The molecule has 0 N–H and O–H groups in total. The van der Waals surface area contributed by atoms with E-state index in [4.69, 9.17) is 14.2 Å². The standard InChI is InChI=1S/C62H96O3P.BrH/c1-5-8-11-14-17-20-23-26-29-41-50-63-60-53-56(55(4)66(57-44-35-32-36-45-57,58-46-37-33-38-47-58)59-48-39-34-40-49-59)54-61(64-51-42-30-27-24-21-18-15-12-9-6-2)62(60)65-52-43-31-28-25-22-19-16-13-10-7-3;/h32-40,44-49,53-55H,5-31,41-43,50-52H2,1-4H3;1H/q+1;/p-1. The number of unbranched alkanes of at least 4 members (excludes halogenated alkanes) is 27. The van der Waals surface area contributed by atoms with E-state index in [1.165, 1.54) is 195 Å². The van der Waals surface area contributed by atoms with Crippen molar-refractivity contribution in [2.45, 2.75) is 226 Å². The predicted octanol–water partition coefficient (Wildman–Crippen LogP) is 15.6. The highest BCUT2D eigenvalue weighted by molar-refractivity contribution is 7.95. The zero-order valence-corrected chi connectivity index (χ0v) is 45.8. The third-order valence-corrected chi connectivity index (χ3v) is 18.7. The van der Waals surface area contributed by atoms with E-state index in [1.807, 2.05) is 0 Å². The van der Waals surface area contributed by atoms with Crippen molar-refractivity contribution in [2.24, 2.45) is 0 Å². The van der Waals surface area contributed by atoms with Crippen LogP contribution in [0.3, 0.4) is 0 Å². The van der Waals surface area contributed by atoms with Crippen LogP contribution >= 0.6 is 7.26 Å². The molecule has 1 unspecified atom stereocenters. The van der Waals surface area contributed by atoms with Crippen molar-refractivity contribution in [1.82, 2.24) is 0 Å². The smallest absolute Gasteiger partial charge is 0.203 e. The van der Waals surface area contributed by atoms with E-state index < -0.39 is 7.26 Å². The van der Waals surface area contributed by atoms with Crippen LogP contribution in [0.25, 0.3) is 0 Å². The molecule has 0 radical (unpaired) electrons. The first-order chi connectivity index (χ1) is 32.7. The van der Waals surface area contributed by atoms with Crippen molar-refractivity contribution in [3.05, 3.63) is 109 Å². The highest BCUT2D eigenvalue weighted by Gasteiger charge is 2.51. The van der Waals surface area contributed by atoms with Gasteiger partial charge in [0.05, 0.1) is 19.8 Å². The van der Waals surface area contributed by atoms with E-state index >= 15 is 0 Å². The quantitative estimate of drug-likeness (QED) is 0.0328. The van der Waals surface area contributed by atoms with Crippen molar-refractivity contribution < 1.29 is 31.2 Å².